The molecule has 0 aromatic heterocycles. The number of hydrogen-bond donors (Lipinski definition) is 2. The molecule has 1 aliphatic rings. The predicted octanol–water partition coefficient (Wildman–Crippen LogP) is 2.13. The fourth-order valence-corrected chi connectivity index (χ4v) is 2.41. The van der Waals surface area contributed by atoms with Crippen LogP contribution < -0.4 is 0 Å². The minimum Gasteiger partial charge on any atom is -0.508 e. The number of phenolic OH excluding ortho intramolecular Hbond substituents is 1. The van der Waals surface area contributed by atoms with Crippen LogP contribution in [0.1, 0.15) is 24.5 Å². The van der Waals surface area contributed by atoms with Gasteiger partial charge in [-0.05, 0) is 54.4 Å². The maximum Gasteiger partial charge on any atom is 0.115 e. The summed E-state index contributed by atoms with van der Waals surface area (Å²) in [6.45, 7) is 2.36. The summed E-state index contributed by atoms with van der Waals surface area (Å²) in [7, 11) is 0. The Labute approximate surface area is 90.6 Å². The lowest BCUT2D eigenvalue weighted by Crippen LogP contribution is -2.22. The van der Waals surface area contributed by atoms with Crippen molar-refractivity contribution in [1.29, 1.82) is 0 Å². The average Bonchev–Trinajstić information content (AvgIpc) is 2.27. The van der Waals surface area contributed by atoms with E-state index in [0.717, 1.165) is 19.3 Å². The lowest BCUT2D eigenvalue weighted by molar-refractivity contribution is 0.178. The summed E-state index contributed by atoms with van der Waals surface area (Å²) >= 11 is 0. The van der Waals surface area contributed by atoms with Gasteiger partial charge in [0.25, 0.3) is 0 Å². The van der Waals surface area contributed by atoms with Crippen molar-refractivity contribution >= 4 is 0 Å². The number of benzene rings is 1. The largest absolute Gasteiger partial charge is 0.508 e. The van der Waals surface area contributed by atoms with Crippen LogP contribution in [0.15, 0.2) is 18.2 Å². The molecule has 2 rings (SSSR count). The molecule has 0 saturated carbocycles. The molecule has 2 unspecified atom stereocenters. The molecule has 0 spiro atoms. The van der Waals surface area contributed by atoms with Gasteiger partial charge in [-0.1, -0.05) is 13.0 Å². The van der Waals surface area contributed by atoms with Crippen molar-refractivity contribution in [2.75, 3.05) is 6.61 Å². The SMILES string of the molecule is CC(CO)C1CCc2ccc(O)cc2C1. The van der Waals surface area contributed by atoms with Crippen LogP contribution in [0.4, 0.5) is 0 Å². The second-order valence-corrected chi connectivity index (χ2v) is 4.62. The highest BCUT2D eigenvalue weighted by Gasteiger charge is 2.23. The van der Waals surface area contributed by atoms with Gasteiger partial charge >= 0.3 is 0 Å². The Morgan fingerprint density at radius 2 is 2.20 bits per heavy atom. The van der Waals surface area contributed by atoms with E-state index in [2.05, 4.69) is 6.92 Å². The molecule has 15 heavy (non-hydrogen) atoms. The van der Waals surface area contributed by atoms with E-state index in [9.17, 15) is 5.11 Å². The molecule has 0 radical (unpaired) electrons. The lowest BCUT2D eigenvalue weighted by atomic mass is 9.78. The number of phenols is 1. The minimum absolute atomic E-state index is 0.263. The van der Waals surface area contributed by atoms with E-state index in [-0.39, 0.29) is 6.61 Å². The van der Waals surface area contributed by atoms with E-state index in [1.54, 1.807) is 6.07 Å². The number of rotatable bonds is 2. The van der Waals surface area contributed by atoms with Gasteiger partial charge in [-0.15, -0.1) is 0 Å². The summed E-state index contributed by atoms with van der Waals surface area (Å²) in [5, 5.41) is 18.6. The van der Waals surface area contributed by atoms with Crippen LogP contribution in [0, 0.1) is 11.8 Å². The second-order valence-electron chi connectivity index (χ2n) is 4.62. The first kappa shape index (κ1) is 10.5. The number of fused-ring (bicyclic) bond motifs is 1. The van der Waals surface area contributed by atoms with Crippen LogP contribution in [0.5, 0.6) is 5.75 Å². The monoisotopic (exact) mass is 206 g/mol. The second kappa shape index (κ2) is 4.23. The van der Waals surface area contributed by atoms with Crippen LogP contribution in [-0.4, -0.2) is 16.8 Å². The first-order valence-corrected chi connectivity index (χ1v) is 5.62. The normalized spacial score (nSPS) is 22.1. The number of aryl methyl sites for hydroxylation is 1. The molecule has 1 aromatic carbocycles. The van der Waals surface area contributed by atoms with Crippen LogP contribution >= 0.6 is 0 Å². The average molecular weight is 206 g/mol. The smallest absolute Gasteiger partial charge is 0.115 e. The van der Waals surface area contributed by atoms with E-state index in [1.165, 1.54) is 11.1 Å². The Hall–Kier alpha value is -1.02. The molecule has 82 valence electrons. The highest BCUT2D eigenvalue weighted by molar-refractivity contribution is 5.36. The van der Waals surface area contributed by atoms with E-state index in [1.807, 2.05) is 12.1 Å². The molecule has 2 heteroatoms. The topological polar surface area (TPSA) is 40.5 Å². The summed E-state index contributed by atoms with van der Waals surface area (Å²) in [6, 6.07) is 5.64. The van der Waals surface area contributed by atoms with Gasteiger partial charge in [0.15, 0.2) is 0 Å². The van der Waals surface area contributed by atoms with E-state index < -0.39 is 0 Å². The Balaban J connectivity index is 2.18. The molecule has 0 aliphatic heterocycles. The first-order chi connectivity index (χ1) is 7.20. The molecule has 2 N–H and O–H groups in total. The van der Waals surface area contributed by atoms with Crippen molar-refractivity contribution in [3.63, 3.8) is 0 Å². The zero-order valence-electron chi connectivity index (χ0n) is 9.11. The Morgan fingerprint density at radius 3 is 2.93 bits per heavy atom. The third-order valence-corrected chi connectivity index (χ3v) is 3.55. The van der Waals surface area contributed by atoms with Gasteiger partial charge in [0.1, 0.15) is 5.75 Å². The summed E-state index contributed by atoms with van der Waals surface area (Å²) in [4.78, 5) is 0. The molecule has 2 atom stereocenters. The zero-order chi connectivity index (χ0) is 10.8. The van der Waals surface area contributed by atoms with Gasteiger partial charge in [-0.3, -0.25) is 0 Å². The molecule has 0 saturated heterocycles. The Bertz CT molecular complexity index is 346. The van der Waals surface area contributed by atoms with Crippen molar-refractivity contribution in [3.05, 3.63) is 29.3 Å². The van der Waals surface area contributed by atoms with E-state index in [0.29, 0.717) is 17.6 Å². The fraction of sp³-hybridized carbons (Fsp3) is 0.538. The Kier molecular flexibility index (Phi) is 2.96. The summed E-state index contributed by atoms with van der Waals surface area (Å²) < 4.78 is 0. The number of aliphatic hydroxyl groups is 1. The first-order valence-electron chi connectivity index (χ1n) is 5.62. The molecule has 1 aliphatic carbocycles. The molecule has 2 nitrogen and oxygen atoms in total. The molecule has 0 amide bonds. The van der Waals surface area contributed by atoms with Crippen molar-refractivity contribution in [2.24, 2.45) is 11.8 Å². The molecule has 0 bridgehead atoms. The third-order valence-electron chi connectivity index (χ3n) is 3.55. The highest BCUT2D eigenvalue weighted by Crippen LogP contribution is 2.31. The summed E-state index contributed by atoms with van der Waals surface area (Å²) in [5.41, 5.74) is 2.61. The van der Waals surface area contributed by atoms with Crippen molar-refractivity contribution in [1.82, 2.24) is 0 Å². The highest BCUT2D eigenvalue weighted by atomic mass is 16.3. The van der Waals surface area contributed by atoms with Gasteiger partial charge in [0.05, 0.1) is 0 Å². The molecular weight excluding hydrogens is 188 g/mol. The van der Waals surface area contributed by atoms with Gasteiger partial charge in [-0.2, -0.15) is 0 Å². The van der Waals surface area contributed by atoms with Crippen LogP contribution in [0.3, 0.4) is 0 Å². The number of aliphatic hydroxyl groups excluding tert-OH is 1. The lowest BCUT2D eigenvalue weighted by Gasteiger charge is -2.28. The number of aromatic hydroxyl groups is 1. The van der Waals surface area contributed by atoms with Crippen LogP contribution in [0.2, 0.25) is 0 Å². The minimum atomic E-state index is 0.263. The summed E-state index contributed by atoms with van der Waals surface area (Å²) in [5.74, 6) is 1.27. The zero-order valence-corrected chi connectivity index (χ0v) is 9.11. The van der Waals surface area contributed by atoms with Gasteiger partial charge in [0, 0.05) is 6.61 Å². The van der Waals surface area contributed by atoms with Gasteiger partial charge in [-0.25, -0.2) is 0 Å². The fourth-order valence-electron chi connectivity index (χ4n) is 2.41. The quantitative estimate of drug-likeness (QED) is 0.778. The predicted molar refractivity (Wildman–Crippen MR) is 59.9 cm³/mol. The third kappa shape index (κ3) is 2.15. The molecule has 1 aromatic rings. The van der Waals surface area contributed by atoms with E-state index in [4.69, 9.17) is 5.11 Å². The summed E-state index contributed by atoms with van der Waals surface area (Å²) in [6.07, 6.45) is 3.22. The van der Waals surface area contributed by atoms with Crippen LogP contribution in [-0.2, 0) is 12.8 Å². The number of hydrogen-bond acceptors (Lipinski definition) is 2. The molecule has 0 fully saturated rings. The van der Waals surface area contributed by atoms with Crippen molar-refractivity contribution in [2.45, 2.75) is 26.2 Å². The maximum absolute atomic E-state index is 9.42. The van der Waals surface area contributed by atoms with Crippen molar-refractivity contribution in [3.8, 4) is 5.75 Å². The van der Waals surface area contributed by atoms with Crippen molar-refractivity contribution < 1.29 is 10.2 Å². The Morgan fingerprint density at radius 1 is 1.40 bits per heavy atom. The molecular formula is C13H18O2. The van der Waals surface area contributed by atoms with Gasteiger partial charge < -0.3 is 10.2 Å². The van der Waals surface area contributed by atoms with Crippen LogP contribution in [0.25, 0.3) is 0 Å². The standard InChI is InChI=1S/C13H18O2/c1-9(8-14)11-3-2-10-4-5-13(15)7-12(10)6-11/h4-5,7,9,11,14-15H,2-3,6,8H2,1H3. The maximum atomic E-state index is 9.42. The van der Waals surface area contributed by atoms with Gasteiger partial charge in [0.2, 0.25) is 0 Å². The van der Waals surface area contributed by atoms with E-state index >= 15 is 0 Å². The molecule has 0 heterocycles.